The molecule has 4 rings (SSSR count). The molecule has 0 bridgehead atoms. The lowest BCUT2D eigenvalue weighted by Crippen LogP contribution is -2.39. The number of esters is 1. The number of rotatable bonds is 9. The Labute approximate surface area is 230 Å². The van der Waals surface area contributed by atoms with Crippen LogP contribution in [0.1, 0.15) is 44.4 Å². The molecular weight excluding hydrogens is 520 g/mol. The van der Waals surface area contributed by atoms with Crippen molar-refractivity contribution in [3.8, 4) is 23.0 Å². The molecule has 0 saturated heterocycles. The van der Waals surface area contributed by atoms with Gasteiger partial charge in [0.25, 0.3) is 5.56 Å². The number of aromatic hydroxyl groups is 1. The first kappa shape index (κ1) is 28.0. The van der Waals surface area contributed by atoms with Crippen LogP contribution in [0.3, 0.4) is 0 Å². The summed E-state index contributed by atoms with van der Waals surface area (Å²) in [5, 5.41) is 9.93. The minimum atomic E-state index is -0.788. The Kier molecular flexibility index (Phi) is 8.44. The van der Waals surface area contributed by atoms with Gasteiger partial charge in [0.05, 0.1) is 49.8 Å². The highest BCUT2D eigenvalue weighted by atomic mass is 32.1. The Hall–Kier alpha value is -4.05. The number of benzene rings is 2. The fourth-order valence-electron chi connectivity index (χ4n) is 4.32. The number of fused-ring (bicyclic) bond motifs is 1. The average Bonchev–Trinajstić information content (AvgIpc) is 3.22. The van der Waals surface area contributed by atoms with Gasteiger partial charge >= 0.3 is 5.97 Å². The number of phenolic OH excluding ortho intramolecular Hbond substituents is 1. The zero-order valence-electron chi connectivity index (χ0n) is 22.8. The number of hydrogen-bond acceptors (Lipinski definition) is 9. The molecule has 0 amide bonds. The van der Waals surface area contributed by atoms with Gasteiger partial charge in [-0.05, 0) is 60.7 Å². The van der Waals surface area contributed by atoms with E-state index in [-0.39, 0.29) is 16.9 Å². The van der Waals surface area contributed by atoms with E-state index in [4.69, 9.17) is 18.9 Å². The van der Waals surface area contributed by atoms with Crippen molar-refractivity contribution in [3.05, 3.63) is 78.5 Å². The quantitative estimate of drug-likeness (QED) is 0.405. The fourth-order valence-corrected chi connectivity index (χ4v) is 5.37. The summed E-state index contributed by atoms with van der Waals surface area (Å²) in [4.78, 5) is 31.8. The summed E-state index contributed by atoms with van der Waals surface area (Å²) in [6, 6.07) is 9.42. The van der Waals surface area contributed by atoms with Crippen LogP contribution in [0.25, 0.3) is 6.08 Å². The highest BCUT2D eigenvalue weighted by molar-refractivity contribution is 7.07. The van der Waals surface area contributed by atoms with Gasteiger partial charge in [-0.3, -0.25) is 9.36 Å². The minimum absolute atomic E-state index is 0.0000317. The van der Waals surface area contributed by atoms with E-state index in [0.717, 1.165) is 6.42 Å². The summed E-state index contributed by atoms with van der Waals surface area (Å²) in [7, 11) is 4.31. The van der Waals surface area contributed by atoms with Crippen molar-refractivity contribution in [2.45, 2.75) is 33.2 Å². The lowest BCUT2D eigenvalue weighted by molar-refractivity contribution is -0.136. The van der Waals surface area contributed by atoms with Gasteiger partial charge in [0.15, 0.2) is 27.8 Å². The van der Waals surface area contributed by atoms with Crippen molar-refractivity contribution in [1.29, 1.82) is 0 Å². The molecule has 9 nitrogen and oxygen atoms in total. The zero-order valence-corrected chi connectivity index (χ0v) is 23.6. The standard InChI is InChI=1S/C29H32N2O7S/c1-16(2)11-12-38-21-10-8-19(15-23(21)36-5)26-25(28(34)37-6)17(3)30-29-31(26)27(33)24(39-29)14-18-7-9-20(32)22(13-18)35-4/h7-10,13-16,26,32H,11-12H2,1-6H3. The van der Waals surface area contributed by atoms with Crippen LogP contribution in [0, 0.1) is 5.92 Å². The van der Waals surface area contributed by atoms with Crippen LogP contribution in [-0.4, -0.2) is 43.6 Å². The molecule has 2 heterocycles. The van der Waals surface area contributed by atoms with Crippen molar-refractivity contribution < 1.29 is 28.8 Å². The third-order valence-corrected chi connectivity index (χ3v) is 7.37. The molecule has 0 fully saturated rings. The van der Waals surface area contributed by atoms with Crippen LogP contribution >= 0.6 is 11.3 Å². The third-order valence-electron chi connectivity index (χ3n) is 6.38. The van der Waals surface area contributed by atoms with Crippen LogP contribution in [0.15, 0.2) is 57.5 Å². The zero-order chi connectivity index (χ0) is 28.3. The summed E-state index contributed by atoms with van der Waals surface area (Å²) in [6.45, 7) is 6.51. The van der Waals surface area contributed by atoms with Crippen molar-refractivity contribution in [1.82, 2.24) is 4.57 Å². The van der Waals surface area contributed by atoms with Gasteiger partial charge in [0.1, 0.15) is 0 Å². The Balaban J connectivity index is 1.87. The first-order chi connectivity index (χ1) is 18.7. The smallest absolute Gasteiger partial charge is 0.338 e. The predicted octanol–water partition coefficient (Wildman–Crippen LogP) is 3.56. The lowest BCUT2D eigenvalue weighted by atomic mass is 9.95. The van der Waals surface area contributed by atoms with E-state index in [0.29, 0.717) is 55.9 Å². The number of carbonyl (C=O) groups excluding carboxylic acids is 1. The van der Waals surface area contributed by atoms with Crippen LogP contribution in [0.4, 0.5) is 0 Å². The second kappa shape index (κ2) is 11.8. The molecule has 206 valence electrons. The summed E-state index contributed by atoms with van der Waals surface area (Å²) in [6.07, 6.45) is 2.59. The number of nitrogens with zero attached hydrogens (tertiary/aromatic N) is 2. The van der Waals surface area contributed by atoms with Crippen LogP contribution in [0.5, 0.6) is 23.0 Å². The van der Waals surface area contributed by atoms with Gasteiger partial charge in [0.2, 0.25) is 0 Å². The fraction of sp³-hybridized carbons (Fsp3) is 0.345. The van der Waals surface area contributed by atoms with Crippen LogP contribution in [-0.2, 0) is 9.53 Å². The molecule has 1 unspecified atom stereocenters. The highest BCUT2D eigenvalue weighted by Crippen LogP contribution is 2.36. The number of phenols is 1. The molecule has 1 atom stereocenters. The number of aromatic nitrogens is 1. The predicted molar refractivity (Wildman–Crippen MR) is 148 cm³/mol. The Bertz CT molecular complexity index is 1600. The van der Waals surface area contributed by atoms with E-state index in [1.54, 1.807) is 44.4 Å². The first-order valence-electron chi connectivity index (χ1n) is 12.5. The SMILES string of the molecule is COC(=O)C1=C(C)N=c2sc(=Cc3ccc(O)c(OC)c3)c(=O)n2C1c1ccc(OCCC(C)C)c(OC)c1. The monoisotopic (exact) mass is 552 g/mol. The van der Waals surface area contributed by atoms with Crippen molar-refractivity contribution >= 4 is 23.4 Å². The second-order valence-electron chi connectivity index (χ2n) is 9.45. The van der Waals surface area contributed by atoms with E-state index >= 15 is 0 Å². The number of ether oxygens (including phenoxy) is 4. The van der Waals surface area contributed by atoms with E-state index in [2.05, 4.69) is 18.8 Å². The summed E-state index contributed by atoms with van der Waals surface area (Å²) < 4.78 is 23.8. The summed E-state index contributed by atoms with van der Waals surface area (Å²) in [5.74, 6) is 1.29. The van der Waals surface area contributed by atoms with E-state index < -0.39 is 12.0 Å². The summed E-state index contributed by atoms with van der Waals surface area (Å²) in [5.41, 5.74) is 1.72. The molecule has 1 N–H and O–H groups in total. The molecule has 39 heavy (non-hydrogen) atoms. The summed E-state index contributed by atoms with van der Waals surface area (Å²) >= 11 is 1.21. The number of hydrogen-bond donors (Lipinski definition) is 1. The molecule has 0 saturated carbocycles. The minimum Gasteiger partial charge on any atom is -0.504 e. The molecule has 0 spiro atoms. The third kappa shape index (κ3) is 5.70. The van der Waals surface area contributed by atoms with E-state index in [1.807, 2.05) is 6.07 Å². The average molecular weight is 553 g/mol. The van der Waals surface area contributed by atoms with Gasteiger partial charge < -0.3 is 24.1 Å². The van der Waals surface area contributed by atoms with Gasteiger partial charge in [0, 0.05) is 0 Å². The first-order valence-corrected chi connectivity index (χ1v) is 13.3. The molecule has 0 radical (unpaired) electrons. The molecule has 2 aromatic carbocycles. The maximum Gasteiger partial charge on any atom is 0.338 e. The Morgan fingerprint density at radius 3 is 2.51 bits per heavy atom. The van der Waals surface area contributed by atoms with Gasteiger partial charge in [-0.25, -0.2) is 9.79 Å². The maximum absolute atomic E-state index is 13.8. The van der Waals surface area contributed by atoms with Crippen LogP contribution < -0.4 is 29.1 Å². The Morgan fingerprint density at radius 2 is 1.85 bits per heavy atom. The number of methoxy groups -OCH3 is 3. The molecular formula is C29H32N2O7S. The lowest BCUT2D eigenvalue weighted by Gasteiger charge is -2.25. The van der Waals surface area contributed by atoms with Gasteiger partial charge in [-0.2, -0.15) is 0 Å². The van der Waals surface area contributed by atoms with Crippen molar-refractivity contribution in [3.63, 3.8) is 0 Å². The normalized spacial score (nSPS) is 15.2. The number of thiazole rings is 1. The van der Waals surface area contributed by atoms with E-state index in [9.17, 15) is 14.7 Å². The second-order valence-corrected chi connectivity index (χ2v) is 10.5. The van der Waals surface area contributed by atoms with Gasteiger partial charge in [-0.1, -0.05) is 37.3 Å². The molecule has 1 aliphatic rings. The number of allylic oxidation sites excluding steroid dienone is 1. The van der Waals surface area contributed by atoms with E-state index in [1.165, 1.54) is 36.2 Å². The highest BCUT2D eigenvalue weighted by Gasteiger charge is 2.33. The molecule has 0 aliphatic carbocycles. The largest absolute Gasteiger partial charge is 0.504 e. The van der Waals surface area contributed by atoms with Gasteiger partial charge in [-0.15, -0.1) is 0 Å². The topological polar surface area (TPSA) is 109 Å². The Morgan fingerprint density at radius 1 is 1.10 bits per heavy atom. The molecule has 10 heteroatoms. The van der Waals surface area contributed by atoms with Crippen molar-refractivity contribution in [2.24, 2.45) is 10.9 Å². The number of carbonyl (C=O) groups is 1. The van der Waals surface area contributed by atoms with Crippen LogP contribution in [0.2, 0.25) is 0 Å². The maximum atomic E-state index is 13.8. The molecule has 1 aliphatic heterocycles. The molecule has 3 aromatic rings. The van der Waals surface area contributed by atoms with Crippen molar-refractivity contribution in [2.75, 3.05) is 27.9 Å². The molecule has 1 aromatic heterocycles.